The molecule has 9 heteroatoms. The Bertz CT molecular complexity index is 1270. The van der Waals surface area contributed by atoms with Gasteiger partial charge >= 0.3 is 0 Å². The maximum Gasteiger partial charge on any atom is 0.156 e. The van der Waals surface area contributed by atoms with Crippen LogP contribution in [0.15, 0.2) is 43.1 Å². The monoisotopic (exact) mass is 472 g/mol. The van der Waals surface area contributed by atoms with Gasteiger partial charge < -0.3 is 19.9 Å². The van der Waals surface area contributed by atoms with Crippen LogP contribution in [-0.2, 0) is 4.74 Å². The van der Waals surface area contributed by atoms with E-state index in [1.165, 1.54) is 0 Å². The first-order chi connectivity index (χ1) is 17.3. The first kappa shape index (κ1) is 22.2. The zero-order chi connectivity index (χ0) is 23.6. The summed E-state index contributed by atoms with van der Waals surface area (Å²) in [5.74, 6) is 0.884. The van der Waals surface area contributed by atoms with E-state index in [4.69, 9.17) is 14.8 Å². The van der Waals surface area contributed by atoms with Gasteiger partial charge in [0.05, 0.1) is 24.1 Å². The maximum absolute atomic E-state index is 5.44. The average Bonchev–Trinajstić information content (AvgIpc) is 3.57. The Morgan fingerprint density at radius 1 is 1.03 bits per heavy atom. The van der Waals surface area contributed by atoms with Crippen LogP contribution >= 0.6 is 0 Å². The second kappa shape index (κ2) is 9.75. The third kappa shape index (κ3) is 4.66. The van der Waals surface area contributed by atoms with Gasteiger partial charge in [0.1, 0.15) is 11.3 Å². The summed E-state index contributed by atoms with van der Waals surface area (Å²) >= 11 is 0. The van der Waals surface area contributed by atoms with Crippen LogP contribution in [0.3, 0.4) is 0 Å². The van der Waals surface area contributed by atoms with E-state index in [1.807, 2.05) is 24.7 Å². The molecule has 9 nitrogen and oxygen atoms in total. The molecular weight excluding hydrogens is 440 g/mol. The lowest BCUT2D eigenvalue weighted by atomic mass is 10.1. The van der Waals surface area contributed by atoms with E-state index < -0.39 is 0 Å². The summed E-state index contributed by atoms with van der Waals surface area (Å²) in [6.45, 7) is 7.24. The SMILES string of the molecule is CCN1CCC(n2cc(-c3c[nH]c4ncc(-c5ccc(NC6CCOCC6)nc5)nc34)cn2)CC1. The van der Waals surface area contributed by atoms with Gasteiger partial charge in [-0.3, -0.25) is 4.68 Å². The number of likely N-dealkylation sites (tertiary alicyclic amines) is 1. The molecule has 0 radical (unpaired) electrons. The molecule has 6 heterocycles. The van der Waals surface area contributed by atoms with Gasteiger partial charge in [-0.1, -0.05) is 6.92 Å². The number of aromatic amines is 1. The van der Waals surface area contributed by atoms with Crippen molar-refractivity contribution in [1.29, 1.82) is 0 Å². The minimum absolute atomic E-state index is 0.417. The minimum atomic E-state index is 0.417. The fourth-order valence-electron chi connectivity index (χ4n) is 5.11. The lowest BCUT2D eigenvalue weighted by Crippen LogP contribution is -2.34. The van der Waals surface area contributed by atoms with Crippen LogP contribution in [0.5, 0.6) is 0 Å². The second-order valence-corrected chi connectivity index (χ2v) is 9.49. The van der Waals surface area contributed by atoms with Gasteiger partial charge in [0.25, 0.3) is 0 Å². The zero-order valence-corrected chi connectivity index (χ0v) is 20.2. The number of aromatic nitrogens is 6. The number of pyridine rings is 1. The first-order valence-electron chi connectivity index (χ1n) is 12.7. The fraction of sp³-hybridized carbons (Fsp3) is 0.462. The molecule has 0 aliphatic carbocycles. The Balaban J connectivity index is 1.21. The molecule has 2 fully saturated rings. The van der Waals surface area contributed by atoms with Crippen LogP contribution in [0, 0.1) is 0 Å². The number of H-pyrrole nitrogens is 1. The van der Waals surface area contributed by atoms with Crippen LogP contribution in [-0.4, -0.2) is 73.5 Å². The molecule has 35 heavy (non-hydrogen) atoms. The fourth-order valence-corrected chi connectivity index (χ4v) is 5.11. The van der Waals surface area contributed by atoms with Gasteiger partial charge in [0.2, 0.25) is 0 Å². The largest absolute Gasteiger partial charge is 0.381 e. The normalized spacial score (nSPS) is 18.3. The number of rotatable bonds is 6. The highest BCUT2D eigenvalue weighted by molar-refractivity contribution is 5.91. The molecule has 2 saturated heterocycles. The van der Waals surface area contributed by atoms with Gasteiger partial charge in [-0.25, -0.2) is 15.0 Å². The molecule has 4 aromatic rings. The van der Waals surface area contributed by atoms with Gasteiger partial charge in [0, 0.05) is 67.6 Å². The van der Waals surface area contributed by atoms with Crippen molar-refractivity contribution in [3.63, 3.8) is 0 Å². The molecule has 2 aliphatic heterocycles. The highest BCUT2D eigenvalue weighted by Crippen LogP contribution is 2.30. The number of nitrogens with one attached hydrogen (secondary N) is 2. The van der Waals surface area contributed by atoms with Crippen molar-refractivity contribution in [2.24, 2.45) is 0 Å². The number of anilines is 1. The topological polar surface area (TPSA) is 96.8 Å². The standard InChI is InChI=1S/C26H32N8O/c1-2-33-9-5-21(6-10-33)34-17-19(14-30-34)22-15-28-26-25(22)32-23(16-29-26)18-3-4-24(27-13-18)31-20-7-11-35-12-8-20/h3-4,13-17,20-21H,2,5-12H2,1H3,(H,27,31)(H,28,29). The molecule has 6 rings (SSSR count). The van der Waals surface area contributed by atoms with E-state index in [0.29, 0.717) is 12.1 Å². The highest BCUT2D eigenvalue weighted by Gasteiger charge is 2.21. The van der Waals surface area contributed by atoms with Crippen LogP contribution in [0.1, 0.15) is 38.6 Å². The van der Waals surface area contributed by atoms with Crippen LogP contribution < -0.4 is 5.32 Å². The number of piperidine rings is 1. The van der Waals surface area contributed by atoms with Crippen LogP contribution in [0.25, 0.3) is 33.5 Å². The Morgan fingerprint density at radius 2 is 1.89 bits per heavy atom. The number of ether oxygens (including phenoxy) is 1. The Morgan fingerprint density at radius 3 is 2.66 bits per heavy atom. The molecule has 2 N–H and O–H groups in total. The van der Waals surface area contributed by atoms with Gasteiger partial charge in [0.15, 0.2) is 5.65 Å². The zero-order valence-electron chi connectivity index (χ0n) is 20.2. The molecule has 0 amide bonds. The second-order valence-electron chi connectivity index (χ2n) is 9.49. The molecule has 4 aromatic heterocycles. The molecule has 0 bridgehead atoms. The maximum atomic E-state index is 5.44. The Labute approximate surface area is 204 Å². The van der Waals surface area contributed by atoms with Crippen molar-refractivity contribution in [3.8, 4) is 22.4 Å². The van der Waals surface area contributed by atoms with Crippen molar-refractivity contribution in [2.75, 3.05) is 38.2 Å². The molecule has 0 unspecified atom stereocenters. The molecular formula is C26H32N8O. The molecule has 0 spiro atoms. The number of hydrogen-bond acceptors (Lipinski definition) is 7. The van der Waals surface area contributed by atoms with Gasteiger partial charge in [-0.05, 0) is 44.4 Å². The smallest absolute Gasteiger partial charge is 0.156 e. The van der Waals surface area contributed by atoms with E-state index in [-0.39, 0.29) is 0 Å². The van der Waals surface area contributed by atoms with E-state index in [0.717, 1.165) is 97.9 Å². The van der Waals surface area contributed by atoms with E-state index in [2.05, 4.69) is 49.0 Å². The summed E-state index contributed by atoms with van der Waals surface area (Å²) in [4.78, 5) is 20.0. The summed E-state index contributed by atoms with van der Waals surface area (Å²) in [6.07, 6.45) is 14.0. The summed E-state index contributed by atoms with van der Waals surface area (Å²) in [5.41, 5.74) is 5.48. The van der Waals surface area contributed by atoms with Crippen LogP contribution in [0.4, 0.5) is 5.82 Å². The summed E-state index contributed by atoms with van der Waals surface area (Å²) < 4.78 is 7.57. The summed E-state index contributed by atoms with van der Waals surface area (Å²) in [5, 5.41) is 8.21. The highest BCUT2D eigenvalue weighted by atomic mass is 16.5. The number of fused-ring (bicyclic) bond motifs is 1. The number of hydrogen-bond donors (Lipinski definition) is 2. The van der Waals surface area contributed by atoms with Crippen molar-refractivity contribution in [3.05, 3.63) is 43.1 Å². The van der Waals surface area contributed by atoms with Crippen molar-refractivity contribution in [2.45, 2.75) is 44.7 Å². The Hall–Kier alpha value is -3.30. The van der Waals surface area contributed by atoms with Gasteiger partial charge in [-0.15, -0.1) is 0 Å². The lowest BCUT2D eigenvalue weighted by molar-refractivity contribution is 0.0904. The molecule has 0 saturated carbocycles. The van der Waals surface area contributed by atoms with Crippen molar-refractivity contribution >= 4 is 17.0 Å². The third-order valence-corrected chi connectivity index (χ3v) is 7.30. The summed E-state index contributed by atoms with van der Waals surface area (Å²) in [6, 6.07) is 4.94. The Kier molecular flexibility index (Phi) is 6.18. The summed E-state index contributed by atoms with van der Waals surface area (Å²) in [7, 11) is 0. The van der Waals surface area contributed by atoms with E-state index in [1.54, 1.807) is 6.20 Å². The van der Waals surface area contributed by atoms with E-state index >= 15 is 0 Å². The predicted molar refractivity (Wildman–Crippen MR) is 136 cm³/mol. The quantitative estimate of drug-likeness (QED) is 0.435. The average molecular weight is 473 g/mol. The van der Waals surface area contributed by atoms with Crippen molar-refractivity contribution in [1.82, 2.24) is 34.6 Å². The molecule has 0 aromatic carbocycles. The molecule has 2 aliphatic rings. The van der Waals surface area contributed by atoms with Gasteiger partial charge in [-0.2, -0.15) is 5.10 Å². The predicted octanol–water partition coefficient (Wildman–Crippen LogP) is 4.13. The number of nitrogens with zero attached hydrogens (tertiary/aromatic N) is 6. The van der Waals surface area contributed by atoms with Crippen molar-refractivity contribution < 1.29 is 4.74 Å². The first-order valence-corrected chi connectivity index (χ1v) is 12.7. The lowest BCUT2D eigenvalue weighted by Gasteiger charge is -2.31. The minimum Gasteiger partial charge on any atom is -0.381 e. The third-order valence-electron chi connectivity index (χ3n) is 7.30. The van der Waals surface area contributed by atoms with E-state index in [9.17, 15) is 0 Å². The molecule has 182 valence electrons. The van der Waals surface area contributed by atoms with Crippen LogP contribution in [0.2, 0.25) is 0 Å². The molecule has 0 atom stereocenters.